The number of allylic oxidation sites excluding steroid dienone is 1. The highest BCUT2D eigenvalue weighted by Crippen LogP contribution is 2.22. The Labute approximate surface area is 125 Å². The van der Waals surface area contributed by atoms with Gasteiger partial charge in [0.15, 0.2) is 5.78 Å². The van der Waals surface area contributed by atoms with E-state index in [9.17, 15) is 14.4 Å². The molecule has 0 aliphatic rings. The number of methoxy groups -OCH3 is 1. The summed E-state index contributed by atoms with van der Waals surface area (Å²) in [5.41, 5.74) is 0.302. The van der Waals surface area contributed by atoms with Crippen molar-refractivity contribution in [3.05, 3.63) is 46.0 Å². The van der Waals surface area contributed by atoms with E-state index < -0.39 is 17.7 Å². The lowest BCUT2D eigenvalue weighted by Crippen LogP contribution is -2.28. The number of halogens is 2. The number of amides is 1. The smallest absolute Gasteiger partial charge is 0.325 e. The van der Waals surface area contributed by atoms with Gasteiger partial charge in [-0.15, -0.1) is 0 Å². The zero-order chi connectivity index (χ0) is 15.1. The molecule has 0 saturated carbocycles. The fraction of sp³-hybridized carbons (Fsp3) is 0.154. The highest BCUT2D eigenvalue weighted by atomic mass is 35.5. The summed E-state index contributed by atoms with van der Waals surface area (Å²) >= 11 is 11.5. The van der Waals surface area contributed by atoms with Crippen molar-refractivity contribution in [2.24, 2.45) is 0 Å². The van der Waals surface area contributed by atoms with Crippen LogP contribution in [0, 0.1) is 0 Å². The average molecular weight is 316 g/mol. The number of esters is 1. The molecule has 0 aliphatic carbocycles. The number of carbonyl (C=O) groups is 3. The first-order valence-corrected chi connectivity index (χ1v) is 6.21. The van der Waals surface area contributed by atoms with Crippen LogP contribution in [0.25, 0.3) is 0 Å². The van der Waals surface area contributed by atoms with Crippen molar-refractivity contribution in [2.45, 2.75) is 0 Å². The zero-order valence-electron chi connectivity index (χ0n) is 10.5. The molecule has 0 radical (unpaired) electrons. The van der Waals surface area contributed by atoms with Gasteiger partial charge in [-0.3, -0.25) is 14.4 Å². The number of benzene rings is 1. The summed E-state index contributed by atoms with van der Waals surface area (Å²) in [4.78, 5) is 33.9. The molecule has 0 unspecified atom stereocenters. The third-order valence-corrected chi connectivity index (χ3v) is 2.96. The van der Waals surface area contributed by atoms with Crippen molar-refractivity contribution in [1.82, 2.24) is 5.32 Å². The number of nitrogens with one attached hydrogen (secondary N) is 1. The van der Waals surface area contributed by atoms with Gasteiger partial charge in [-0.05, 0) is 24.3 Å². The summed E-state index contributed by atoms with van der Waals surface area (Å²) < 4.78 is 4.35. The highest BCUT2D eigenvalue weighted by molar-refractivity contribution is 6.42. The van der Waals surface area contributed by atoms with Crippen molar-refractivity contribution in [1.29, 1.82) is 0 Å². The summed E-state index contributed by atoms with van der Waals surface area (Å²) in [6.45, 7) is -0.263. The summed E-state index contributed by atoms with van der Waals surface area (Å²) in [7, 11) is 1.21. The van der Waals surface area contributed by atoms with Gasteiger partial charge in [-0.2, -0.15) is 0 Å². The van der Waals surface area contributed by atoms with E-state index in [2.05, 4.69) is 10.1 Å². The van der Waals surface area contributed by atoms with Gasteiger partial charge in [-0.25, -0.2) is 0 Å². The molecule has 1 rings (SSSR count). The molecule has 0 fully saturated rings. The molecule has 1 amide bonds. The molecule has 106 valence electrons. The Balaban J connectivity index is 2.60. The van der Waals surface area contributed by atoms with Gasteiger partial charge in [0, 0.05) is 11.6 Å². The third-order valence-electron chi connectivity index (χ3n) is 2.22. The second-order valence-corrected chi connectivity index (χ2v) is 4.43. The number of carbonyl (C=O) groups excluding carboxylic acids is 3. The van der Waals surface area contributed by atoms with E-state index in [0.717, 1.165) is 12.2 Å². The van der Waals surface area contributed by atoms with E-state index in [0.29, 0.717) is 10.6 Å². The fourth-order valence-corrected chi connectivity index (χ4v) is 1.49. The minimum absolute atomic E-state index is 0.251. The summed E-state index contributed by atoms with van der Waals surface area (Å²) in [5, 5.41) is 2.85. The normalized spacial score (nSPS) is 10.3. The van der Waals surface area contributed by atoms with E-state index in [4.69, 9.17) is 23.2 Å². The van der Waals surface area contributed by atoms with E-state index in [1.165, 1.54) is 25.3 Å². The van der Waals surface area contributed by atoms with E-state index in [1.54, 1.807) is 0 Å². The molecule has 1 N–H and O–H groups in total. The molecule has 1 aromatic rings. The Morgan fingerprint density at radius 3 is 2.50 bits per heavy atom. The molecule has 0 aliphatic heterocycles. The maximum absolute atomic E-state index is 11.7. The van der Waals surface area contributed by atoms with Crippen molar-refractivity contribution in [2.75, 3.05) is 13.7 Å². The lowest BCUT2D eigenvalue weighted by atomic mass is 10.1. The van der Waals surface area contributed by atoms with Gasteiger partial charge in [0.2, 0.25) is 5.91 Å². The second kappa shape index (κ2) is 7.67. The number of hydrogen-bond acceptors (Lipinski definition) is 4. The number of hydrogen-bond donors (Lipinski definition) is 1. The predicted octanol–water partition coefficient (Wildman–Crippen LogP) is 2.02. The Morgan fingerprint density at radius 2 is 1.90 bits per heavy atom. The molecule has 0 spiro atoms. The largest absolute Gasteiger partial charge is 0.468 e. The predicted molar refractivity (Wildman–Crippen MR) is 75.0 cm³/mol. The summed E-state index contributed by atoms with van der Waals surface area (Å²) in [6.07, 6.45) is 2.10. The minimum atomic E-state index is -0.581. The van der Waals surface area contributed by atoms with Crippen molar-refractivity contribution >= 4 is 40.9 Å². The average Bonchev–Trinajstić information content (AvgIpc) is 2.44. The van der Waals surface area contributed by atoms with Crippen LogP contribution < -0.4 is 5.32 Å². The maximum atomic E-state index is 11.7. The lowest BCUT2D eigenvalue weighted by molar-refractivity contribution is -0.140. The quantitative estimate of drug-likeness (QED) is 0.512. The first-order valence-electron chi connectivity index (χ1n) is 5.46. The van der Waals surface area contributed by atoms with Crippen LogP contribution in [0.1, 0.15) is 10.4 Å². The molecule has 0 atom stereocenters. The van der Waals surface area contributed by atoms with E-state index in [-0.39, 0.29) is 11.6 Å². The van der Waals surface area contributed by atoms with Gasteiger partial charge in [-0.1, -0.05) is 23.2 Å². The van der Waals surface area contributed by atoms with Crippen LogP contribution in [0.15, 0.2) is 30.4 Å². The fourth-order valence-electron chi connectivity index (χ4n) is 1.19. The number of ketones is 1. The molecule has 0 aromatic heterocycles. The molecular formula is C13H11Cl2NO4. The first-order chi connectivity index (χ1) is 9.43. The minimum Gasteiger partial charge on any atom is -0.468 e. The molecule has 7 heteroatoms. The van der Waals surface area contributed by atoms with Crippen LogP contribution in [0.5, 0.6) is 0 Å². The van der Waals surface area contributed by atoms with Gasteiger partial charge in [0.25, 0.3) is 0 Å². The van der Waals surface area contributed by atoms with E-state index >= 15 is 0 Å². The van der Waals surface area contributed by atoms with Crippen LogP contribution in [-0.4, -0.2) is 31.3 Å². The van der Waals surface area contributed by atoms with E-state index in [1.807, 2.05) is 0 Å². The zero-order valence-corrected chi connectivity index (χ0v) is 12.0. The first kappa shape index (κ1) is 16.2. The Bertz CT molecular complexity index is 569. The monoisotopic (exact) mass is 315 g/mol. The van der Waals surface area contributed by atoms with Gasteiger partial charge in [0.1, 0.15) is 6.54 Å². The molecule has 20 heavy (non-hydrogen) atoms. The number of rotatable bonds is 5. The van der Waals surface area contributed by atoms with Gasteiger partial charge in [0.05, 0.1) is 17.2 Å². The van der Waals surface area contributed by atoms with Crippen LogP contribution >= 0.6 is 23.2 Å². The SMILES string of the molecule is COC(=O)CNC(=O)C=CC(=O)c1ccc(Cl)c(Cl)c1. The molecule has 5 nitrogen and oxygen atoms in total. The van der Waals surface area contributed by atoms with Crippen LogP contribution in [0.4, 0.5) is 0 Å². The third kappa shape index (κ3) is 5.03. The van der Waals surface area contributed by atoms with Crippen LogP contribution in [0.2, 0.25) is 10.0 Å². The Kier molecular flexibility index (Phi) is 6.21. The Hall–Kier alpha value is -1.85. The maximum Gasteiger partial charge on any atom is 0.325 e. The van der Waals surface area contributed by atoms with Gasteiger partial charge < -0.3 is 10.1 Å². The molecular weight excluding hydrogens is 305 g/mol. The lowest BCUT2D eigenvalue weighted by Gasteiger charge is -2.00. The van der Waals surface area contributed by atoms with Crippen molar-refractivity contribution in [3.8, 4) is 0 Å². The molecule has 0 bridgehead atoms. The Morgan fingerprint density at radius 1 is 1.20 bits per heavy atom. The van der Waals surface area contributed by atoms with Crippen molar-refractivity contribution < 1.29 is 19.1 Å². The molecule has 1 aromatic carbocycles. The molecule has 0 saturated heterocycles. The topological polar surface area (TPSA) is 72.5 Å². The van der Waals surface area contributed by atoms with Crippen molar-refractivity contribution in [3.63, 3.8) is 0 Å². The summed E-state index contributed by atoms with van der Waals surface area (Å²) in [5.74, 6) is -1.57. The molecule has 0 heterocycles. The van der Waals surface area contributed by atoms with Gasteiger partial charge >= 0.3 is 5.97 Å². The standard InChI is InChI=1S/C13H11Cl2NO4/c1-20-13(19)7-16-12(18)5-4-11(17)8-2-3-9(14)10(15)6-8/h2-6H,7H2,1H3,(H,16,18). The second-order valence-electron chi connectivity index (χ2n) is 3.62. The van der Waals surface area contributed by atoms with Crippen LogP contribution in [0.3, 0.4) is 0 Å². The van der Waals surface area contributed by atoms with Crippen LogP contribution in [-0.2, 0) is 14.3 Å². The number of ether oxygens (including phenoxy) is 1. The summed E-state index contributed by atoms with van der Waals surface area (Å²) in [6, 6.07) is 4.39. The highest BCUT2D eigenvalue weighted by Gasteiger charge is 2.06.